The average molecular weight is 183 g/mol. The number of nitrogen functional groups attached to an aromatic ring is 1. The second kappa shape index (κ2) is 2.66. The zero-order valence-corrected chi connectivity index (χ0v) is 7.67. The molecule has 1 aliphatic rings. The molecule has 2 N–H and O–H groups in total. The Morgan fingerprint density at radius 1 is 1.50 bits per heavy atom. The first-order valence-corrected chi connectivity index (χ1v) is 4.99. The molecular weight excluding hydrogens is 173 g/mol. The molecule has 64 valence electrons. The first-order chi connectivity index (χ1) is 5.70. The number of fused-ring (bicyclic) bond motifs is 1. The van der Waals surface area contributed by atoms with Gasteiger partial charge in [0, 0.05) is 11.5 Å². The number of nitrogens with two attached hydrogens (primary N) is 1. The van der Waals surface area contributed by atoms with Gasteiger partial charge in [0.1, 0.15) is 5.82 Å². The highest BCUT2D eigenvalue weighted by atomic mass is 32.2. The minimum Gasteiger partial charge on any atom is -0.396 e. The van der Waals surface area contributed by atoms with Crippen molar-refractivity contribution in [1.29, 1.82) is 0 Å². The fourth-order valence-electron chi connectivity index (χ4n) is 1.52. The average Bonchev–Trinajstić information content (AvgIpc) is 2.48. The van der Waals surface area contributed by atoms with Gasteiger partial charge in [-0.2, -0.15) is 11.8 Å². The highest BCUT2D eigenvalue weighted by Gasteiger charge is 2.17. The number of thioether (sulfide) groups is 1. The molecular formula is C9H10FNS. The summed E-state index contributed by atoms with van der Waals surface area (Å²) in [6, 6.07) is 1.76. The van der Waals surface area contributed by atoms with Crippen molar-refractivity contribution < 1.29 is 4.39 Å². The van der Waals surface area contributed by atoms with Gasteiger partial charge in [-0.1, -0.05) is 0 Å². The summed E-state index contributed by atoms with van der Waals surface area (Å²) in [5.74, 6) is 1.66. The Bertz CT molecular complexity index is 336. The molecule has 0 amide bonds. The van der Waals surface area contributed by atoms with Crippen molar-refractivity contribution in [1.82, 2.24) is 0 Å². The smallest absolute Gasteiger partial charge is 0.149 e. The Morgan fingerprint density at radius 2 is 2.25 bits per heavy atom. The predicted molar refractivity (Wildman–Crippen MR) is 50.5 cm³/mol. The van der Waals surface area contributed by atoms with Gasteiger partial charge in [0.2, 0.25) is 0 Å². The van der Waals surface area contributed by atoms with Gasteiger partial charge >= 0.3 is 0 Å². The third-order valence-corrected chi connectivity index (χ3v) is 3.26. The topological polar surface area (TPSA) is 26.0 Å². The number of halogens is 1. The van der Waals surface area contributed by atoms with Gasteiger partial charge in [0.25, 0.3) is 0 Å². The van der Waals surface area contributed by atoms with Crippen LogP contribution in [0.5, 0.6) is 0 Å². The molecule has 2 rings (SSSR count). The number of anilines is 1. The first-order valence-electron chi connectivity index (χ1n) is 3.84. The molecule has 0 unspecified atom stereocenters. The summed E-state index contributed by atoms with van der Waals surface area (Å²) in [6.07, 6.45) is 0. The van der Waals surface area contributed by atoms with Crippen molar-refractivity contribution in [2.75, 3.05) is 5.73 Å². The van der Waals surface area contributed by atoms with Gasteiger partial charge in [-0.05, 0) is 29.7 Å². The lowest BCUT2D eigenvalue weighted by atomic mass is 10.0. The molecule has 1 nitrogen and oxygen atoms in total. The fourth-order valence-corrected chi connectivity index (χ4v) is 2.71. The van der Waals surface area contributed by atoms with E-state index in [0.29, 0.717) is 0 Å². The number of benzene rings is 1. The summed E-state index contributed by atoms with van der Waals surface area (Å²) in [5.41, 5.74) is 8.88. The van der Waals surface area contributed by atoms with E-state index in [1.807, 2.05) is 11.8 Å². The highest BCUT2D eigenvalue weighted by molar-refractivity contribution is 7.98. The highest BCUT2D eigenvalue weighted by Crippen LogP contribution is 2.35. The Morgan fingerprint density at radius 3 is 3.00 bits per heavy atom. The van der Waals surface area contributed by atoms with E-state index in [-0.39, 0.29) is 11.5 Å². The molecule has 0 aromatic heterocycles. The fraction of sp³-hybridized carbons (Fsp3) is 0.333. The molecule has 0 atom stereocenters. The van der Waals surface area contributed by atoms with Gasteiger partial charge in [0.05, 0.1) is 5.69 Å². The lowest BCUT2D eigenvalue weighted by Crippen LogP contribution is -1.98. The molecule has 0 radical (unpaired) electrons. The van der Waals surface area contributed by atoms with Gasteiger partial charge in [0.15, 0.2) is 0 Å². The van der Waals surface area contributed by atoms with Crippen molar-refractivity contribution >= 4 is 17.4 Å². The lowest BCUT2D eigenvalue weighted by molar-refractivity contribution is 0.621. The molecule has 0 saturated heterocycles. The van der Waals surface area contributed by atoms with Crippen LogP contribution in [0.2, 0.25) is 0 Å². The molecule has 0 bridgehead atoms. The molecule has 0 aliphatic carbocycles. The van der Waals surface area contributed by atoms with Crippen molar-refractivity contribution in [3.8, 4) is 0 Å². The van der Waals surface area contributed by atoms with Gasteiger partial charge in [-0.15, -0.1) is 0 Å². The minimum atomic E-state index is -0.240. The van der Waals surface area contributed by atoms with Crippen LogP contribution in [0, 0.1) is 12.7 Å². The third-order valence-electron chi connectivity index (χ3n) is 2.26. The number of rotatable bonds is 0. The van der Waals surface area contributed by atoms with Crippen LogP contribution < -0.4 is 5.73 Å². The first kappa shape index (κ1) is 7.92. The van der Waals surface area contributed by atoms with E-state index < -0.39 is 0 Å². The van der Waals surface area contributed by atoms with Crippen LogP contribution >= 0.6 is 11.8 Å². The number of hydrogen-bond donors (Lipinski definition) is 1. The molecule has 12 heavy (non-hydrogen) atoms. The van der Waals surface area contributed by atoms with Crippen LogP contribution in [0.4, 0.5) is 10.1 Å². The summed E-state index contributed by atoms with van der Waals surface area (Å²) >= 11 is 1.81. The monoisotopic (exact) mass is 183 g/mol. The van der Waals surface area contributed by atoms with Crippen molar-refractivity contribution in [3.63, 3.8) is 0 Å². The van der Waals surface area contributed by atoms with Crippen LogP contribution in [0.3, 0.4) is 0 Å². The Labute approximate surface area is 75.1 Å². The summed E-state index contributed by atoms with van der Waals surface area (Å²) in [5, 5.41) is 0. The maximum atomic E-state index is 13.3. The van der Waals surface area contributed by atoms with Crippen molar-refractivity contribution in [3.05, 3.63) is 28.6 Å². The maximum Gasteiger partial charge on any atom is 0.149 e. The maximum absolute atomic E-state index is 13.3. The van der Waals surface area contributed by atoms with E-state index in [1.54, 1.807) is 13.0 Å². The van der Waals surface area contributed by atoms with Crippen molar-refractivity contribution in [2.24, 2.45) is 0 Å². The van der Waals surface area contributed by atoms with Crippen LogP contribution in [-0.4, -0.2) is 0 Å². The molecule has 1 aromatic carbocycles. The van der Waals surface area contributed by atoms with E-state index in [0.717, 1.165) is 22.6 Å². The minimum absolute atomic E-state index is 0.240. The van der Waals surface area contributed by atoms with E-state index in [2.05, 4.69) is 0 Å². The van der Waals surface area contributed by atoms with E-state index in [1.165, 1.54) is 5.56 Å². The second-order valence-electron chi connectivity index (χ2n) is 3.04. The Hall–Kier alpha value is -0.700. The van der Waals surface area contributed by atoms with E-state index >= 15 is 0 Å². The Kier molecular flexibility index (Phi) is 1.76. The zero-order chi connectivity index (χ0) is 8.72. The quantitative estimate of drug-likeness (QED) is 0.625. The van der Waals surface area contributed by atoms with E-state index in [4.69, 9.17) is 5.73 Å². The molecule has 1 heterocycles. The standard InChI is InChI=1S/C9H10FNS/c1-5-7-4-12-3-6(7)2-8(11)9(5)10/h2H,3-4,11H2,1H3. The molecule has 0 spiro atoms. The van der Waals surface area contributed by atoms with Gasteiger partial charge in [-0.3, -0.25) is 0 Å². The zero-order valence-electron chi connectivity index (χ0n) is 6.86. The summed E-state index contributed by atoms with van der Waals surface area (Å²) < 4.78 is 13.3. The van der Waals surface area contributed by atoms with Gasteiger partial charge in [-0.25, -0.2) is 4.39 Å². The largest absolute Gasteiger partial charge is 0.396 e. The summed E-state index contributed by atoms with van der Waals surface area (Å²) in [4.78, 5) is 0. The molecule has 0 saturated carbocycles. The molecule has 0 fully saturated rings. The van der Waals surface area contributed by atoms with Crippen LogP contribution in [0.25, 0.3) is 0 Å². The van der Waals surface area contributed by atoms with E-state index in [9.17, 15) is 4.39 Å². The molecule has 3 heteroatoms. The second-order valence-corrected chi connectivity index (χ2v) is 4.02. The van der Waals surface area contributed by atoms with Crippen LogP contribution in [-0.2, 0) is 11.5 Å². The lowest BCUT2D eigenvalue weighted by Gasteiger charge is -2.06. The third kappa shape index (κ3) is 1.00. The van der Waals surface area contributed by atoms with Gasteiger partial charge < -0.3 is 5.73 Å². The SMILES string of the molecule is Cc1c(F)c(N)cc2c1CSC2. The van der Waals surface area contributed by atoms with Crippen LogP contribution in [0.1, 0.15) is 16.7 Å². The summed E-state index contributed by atoms with van der Waals surface area (Å²) in [6.45, 7) is 1.80. The number of hydrogen-bond acceptors (Lipinski definition) is 2. The van der Waals surface area contributed by atoms with Crippen LogP contribution in [0.15, 0.2) is 6.07 Å². The summed E-state index contributed by atoms with van der Waals surface area (Å²) in [7, 11) is 0. The predicted octanol–water partition coefficient (Wildman–Crippen LogP) is 2.46. The Balaban J connectivity index is 2.67. The molecule has 1 aromatic rings. The normalized spacial score (nSPS) is 14.8. The molecule has 1 aliphatic heterocycles. The van der Waals surface area contributed by atoms with Crippen molar-refractivity contribution in [2.45, 2.75) is 18.4 Å².